The van der Waals surface area contributed by atoms with Crippen molar-refractivity contribution in [3.8, 4) is 17.2 Å². The van der Waals surface area contributed by atoms with Crippen LogP contribution in [0.25, 0.3) is 0 Å². The Morgan fingerprint density at radius 3 is 2.42 bits per heavy atom. The van der Waals surface area contributed by atoms with Crippen molar-refractivity contribution in [1.29, 1.82) is 0 Å². The van der Waals surface area contributed by atoms with Crippen molar-refractivity contribution >= 4 is 17.6 Å². The molecule has 0 aromatic heterocycles. The van der Waals surface area contributed by atoms with Crippen LogP contribution in [-0.2, 0) is 13.1 Å². The predicted molar refractivity (Wildman–Crippen MR) is 101 cm³/mol. The third kappa shape index (κ3) is 5.20. The Morgan fingerprint density at radius 2 is 1.73 bits per heavy atom. The SMILES string of the molecule is CCOc1c(Cl)cc(CNC(=O)NCc2ccccc2OC)cc1OC. The number of nitrogens with one attached hydrogen (secondary N) is 2. The van der Waals surface area contributed by atoms with Crippen LogP contribution in [0.1, 0.15) is 18.1 Å². The van der Waals surface area contributed by atoms with Gasteiger partial charge < -0.3 is 24.8 Å². The van der Waals surface area contributed by atoms with Crippen molar-refractivity contribution in [1.82, 2.24) is 10.6 Å². The van der Waals surface area contributed by atoms with E-state index >= 15 is 0 Å². The van der Waals surface area contributed by atoms with E-state index in [0.717, 1.165) is 16.9 Å². The molecule has 7 heteroatoms. The summed E-state index contributed by atoms with van der Waals surface area (Å²) in [7, 11) is 3.15. The van der Waals surface area contributed by atoms with Gasteiger partial charge in [-0.25, -0.2) is 4.79 Å². The topological polar surface area (TPSA) is 68.8 Å². The second-order valence-electron chi connectivity index (χ2n) is 5.39. The van der Waals surface area contributed by atoms with Crippen molar-refractivity contribution in [3.63, 3.8) is 0 Å². The van der Waals surface area contributed by atoms with Crippen LogP contribution in [0, 0.1) is 0 Å². The molecule has 0 aliphatic heterocycles. The van der Waals surface area contributed by atoms with Crippen LogP contribution in [0.5, 0.6) is 17.2 Å². The molecule has 2 aromatic rings. The number of carbonyl (C=O) groups is 1. The molecule has 0 aliphatic carbocycles. The number of hydrogen-bond acceptors (Lipinski definition) is 4. The molecule has 2 aromatic carbocycles. The highest BCUT2D eigenvalue weighted by molar-refractivity contribution is 6.32. The Morgan fingerprint density at radius 1 is 1.04 bits per heavy atom. The van der Waals surface area contributed by atoms with Crippen LogP contribution in [0.4, 0.5) is 4.79 Å². The van der Waals surface area contributed by atoms with Crippen molar-refractivity contribution in [2.45, 2.75) is 20.0 Å². The highest BCUT2D eigenvalue weighted by atomic mass is 35.5. The van der Waals surface area contributed by atoms with Crippen LogP contribution < -0.4 is 24.8 Å². The Kier molecular flexibility index (Phi) is 7.41. The van der Waals surface area contributed by atoms with Crippen molar-refractivity contribution in [3.05, 3.63) is 52.5 Å². The van der Waals surface area contributed by atoms with Gasteiger partial charge in [0.15, 0.2) is 11.5 Å². The summed E-state index contributed by atoms with van der Waals surface area (Å²) in [5.41, 5.74) is 1.71. The summed E-state index contributed by atoms with van der Waals surface area (Å²) in [4.78, 5) is 12.0. The van der Waals surface area contributed by atoms with E-state index in [9.17, 15) is 4.79 Å². The molecule has 0 saturated carbocycles. The molecule has 0 unspecified atom stereocenters. The Hall–Kier alpha value is -2.60. The molecule has 2 N–H and O–H groups in total. The first-order valence-electron chi connectivity index (χ1n) is 8.21. The molecule has 2 rings (SSSR count). The molecule has 0 radical (unpaired) electrons. The van der Waals surface area contributed by atoms with Crippen LogP contribution >= 0.6 is 11.6 Å². The van der Waals surface area contributed by atoms with E-state index in [4.69, 9.17) is 25.8 Å². The molecule has 0 atom stereocenters. The number of carbonyl (C=O) groups excluding carboxylic acids is 1. The van der Waals surface area contributed by atoms with E-state index in [1.54, 1.807) is 26.4 Å². The third-order valence-electron chi connectivity index (χ3n) is 3.66. The molecule has 0 saturated heterocycles. The molecule has 0 fully saturated rings. The van der Waals surface area contributed by atoms with Crippen LogP contribution in [0.3, 0.4) is 0 Å². The largest absolute Gasteiger partial charge is 0.496 e. The van der Waals surface area contributed by atoms with Gasteiger partial charge in [-0.1, -0.05) is 29.8 Å². The average Bonchev–Trinajstić information content (AvgIpc) is 2.66. The van der Waals surface area contributed by atoms with Gasteiger partial charge >= 0.3 is 6.03 Å². The number of methoxy groups -OCH3 is 2. The quantitative estimate of drug-likeness (QED) is 0.734. The van der Waals surface area contributed by atoms with Gasteiger partial charge in [-0.05, 0) is 30.7 Å². The lowest BCUT2D eigenvalue weighted by atomic mass is 10.2. The highest BCUT2D eigenvalue weighted by Crippen LogP contribution is 2.36. The lowest BCUT2D eigenvalue weighted by Gasteiger charge is -2.14. The Balaban J connectivity index is 1.93. The molecular formula is C19H23ClN2O4. The maximum absolute atomic E-state index is 12.0. The second kappa shape index (κ2) is 9.77. The van der Waals surface area contributed by atoms with E-state index in [1.807, 2.05) is 31.2 Å². The fraction of sp³-hybridized carbons (Fsp3) is 0.316. The minimum atomic E-state index is -0.292. The number of rotatable bonds is 8. The lowest BCUT2D eigenvalue weighted by molar-refractivity contribution is 0.240. The van der Waals surface area contributed by atoms with Gasteiger partial charge in [0.1, 0.15) is 5.75 Å². The fourth-order valence-corrected chi connectivity index (χ4v) is 2.72. The first-order valence-corrected chi connectivity index (χ1v) is 8.59. The summed E-state index contributed by atoms with van der Waals surface area (Å²) in [6, 6.07) is 10.8. The number of hydrogen-bond donors (Lipinski definition) is 2. The van der Waals surface area contributed by atoms with Gasteiger partial charge in [0.2, 0.25) is 0 Å². The third-order valence-corrected chi connectivity index (χ3v) is 3.94. The van der Waals surface area contributed by atoms with Gasteiger partial charge in [-0.3, -0.25) is 0 Å². The number of halogens is 1. The standard InChI is InChI=1S/C19H23ClN2O4/c1-4-26-18-15(20)9-13(10-17(18)25-3)11-21-19(23)22-12-14-7-5-6-8-16(14)24-2/h5-10H,4,11-12H2,1-3H3,(H2,21,22,23). The van der Waals surface area contributed by atoms with E-state index in [0.29, 0.717) is 36.2 Å². The molecule has 0 aliphatic rings. The fourth-order valence-electron chi connectivity index (χ4n) is 2.43. The van der Waals surface area contributed by atoms with E-state index < -0.39 is 0 Å². The number of para-hydroxylation sites is 1. The summed E-state index contributed by atoms with van der Waals surface area (Å²) < 4.78 is 16.1. The summed E-state index contributed by atoms with van der Waals surface area (Å²) in [5.74, 6) is 1.77. The summed E-state index contributed by atoms with van der Waals surface area (Å²) in [6.07, 6.45) is 0. The summed E-state index contributed by atoms with van der Waals surface area (Å²) >= 11 is 6.23. The molecule has 140 valence electrons. The van der Waals surface area contributed by atoms with Gasteiger partial charge in [0.25, 0.3) is 0 Å². The Labute approximate surface area is 158 Å². The summed E-state index contributed by atoms with van der Waals surface area (Å²) in [6.45, 7) is 3.03. The maximum Gasteiger partial charge on any atom is 0.315 e. The summed E-state index contributed by atoms with van der Waals surface area (Å²) in [5, 5.41) is 6.03. The number of urea groups is 1. The molecule has 0 heterocycles. The molecule has 0 spiro atoms. The van der Waals surface area contributed by atoms with Gasteiger partial charge in [0, 0.05) is 18.7 Å². The van der Waals surface area contributed by atoms with E-state index in [-0.39, 0.29) is 6.03 Å². The lowest BCUT2D eigenvalue weighted by Crippen LogP contribution is -2.34. The average molecular weight is 379 g/mol. The highest BCUT2D eigenvalue weighted by Gasteiger charge is 2.12. The van der Waals surface area contributed by atoms with Crippen molar-refractivity contribution < 1.29 is 19.0 Å². The smallest absolute Gasteiger partial charge is 0.315 e. The van der Waals surface area contributed by atoms with Crippen LogP contribution in [0.15, 0.2) is 36.4 Å². The number of benzene rings is 2. The number of amides is 2. The zero-order valence-corrected chi connectivity index (χ0v) is 15.9. The van der Waals surface area contributed by atoms with Crippen molar-refractivity contribution in [2.75, 3.05) is 20.8 Å². The molecule has 26 heavy (non-hydrogen) atoms. The second-order valence-corrected chi connectivity index (χ2v) is 5.80. The van der Waals surface area contributed by atoms with Gasteiger partial charge in [0.05, 0.1) is 25.8 Å². The van der Waals surface area contributed by atoms with E-state index in [2.05, 4.69) is 10.6 Å². The molecule has 0 bridgehead atoms. The van der Waals surface area contributed by atoms with Crippen LogP contribution in [-0.4, -0.2) is 26.9 Å². The monoisotopic (exact) mass is 378 g/mol. The molecular weight excluding hydrogens is 356 g/mol. The molecule has 2 amide bonds. The normalized spacial score (nSPS) is 10.2. The first kappa shape index (κ1) is 19.7. The molecule has 6 nitrogen and oxygen atoms in total. The zero-order valence-electron chi connectivity index (χ0n) is 15.1. The van der Waals surface area contributed by atoms with E-state index in [1.165, 1.54) is 0 Å². The minimum absolute atomic E-state index is 0.292. The first-order chi connectivity index (χ1) is 12.6. The van der Waals surface area contributed by atoms with Crippen LogP contribution in [0.2, 0.25) is 5.02 Å². The van der Waals surface area contributed by atoms with Gasteiger partial charge in [-0.15, -0.1) is 0 Å². The van der Waals surface area contributed by atoms with Crippen molar-refractivity contribution in [2.24, 2.45) is 0 Å². The van der Waals surface area contributed by atoms with Gasteiger partial charge in [-0.2, -0.15) is 0 Å². The zero-order chi connectivity index (χ0) is 18.9. The number of ether oxygens (including phenoxy) is 3. The Bertz CT molecular complexity index is 752. The predicted octanol–water partition coefficient (Wildman–Crippen LogP) is 3.76. The maximum atomic E-state index is 12.0. The minimum Gasteiger partial charge on any atom is -0.496 e.